The van der Waals surface area contributed by atoms with Crippen LogP contribution in [-0.4, -0.2) is 5.96 Å². The van der Waals surface area contributed by atoms with Crippen molar-refractivity contribution in [3.05, 3.63) is 0 Å². The molecule has 32 valence electrons. The van der Waals surface area contributed by atoms with E-state index in [1.807, 2.05) is 0 Å². The summed E-state index contributed by atoms with van der Waals surface area (Å²) in [5.74, 6) is -0.0833. The number of guanidine groups is 1. The fourth-order valence-corrected chi connectivity index (χ4v) is 0. The van der Waals surface area contributed by atoms with Crippen molar-refractivity contribution < 1.29 is 17.8 Å². The summed E-state index contributed by atoms with van der Waals surface area (Å²) in [6.45, 7) is 0. The van der Waals surface area contributed by atoms with Crippen molar-refractivity contribution in [2.45, 2.75) is 0 Å². The Bertz CT molecular complexity index is 29.9. The van der Waals surface area contributed by atoms with E-state index >= 15 is 0 Å². The van der Waals surface area contributed by atoms with Gasteiger partial charge in [-0.25, -0.2) is 0 Å². The lowest BCUT2D eigenvalue weighted by molar-refractivity contribution is -0.116. The second kappa shape index (κ2) is 3.56. The highest BCUT2D eigenvalue weighted by Gasteiger charge is 1.64. The third-order valence-corrected chi connectivity index (χ3v) is 0. The van der Waals surface area contributed by atoms with Crippen LogP contribution in [0.4, 0.5) is 0 Å². The van der Waals surface area contributed by atoms with Crippen LogP contribution in [0.25, 0.3) is 0 Å². The molecule has 0 atom stereocenters. The predicted molar refractivity (Wildman–Crippen MR) is 15.3 cm³/mol. The molecular weight excluding hydrogens is 91.5 g/mol. The molecule has 0 aliphatic rings. The van der Waals surface area contributed by atoms with Crippen molar-refractivity contribution in [2.24, 2.45) is 11.5 Å². The summed E-state index contributed by atoms with van der Waals surface area (Å²) < 4.78 is 0. The molecule has 0 fully saturated rings. The number of rotatable bonds is 0. The molecule has 0 amide bonds. The van der Waals surface area contributed by atoms with Crippen LogP contribution >= 0.6 is 0 Å². The second-order valence-corrected chi connectivity index (χ2v) is 0.500. The summed E-state index contributed by atoms with van der Waals surface area (Å²) in [4.78, 5) is 0. The van der Waals surface area contributed by atoms with Gasteiger partial charge in [0.1, 0.15) is 0 Å². The maximum absolute atomic E-state index is 4.58. The van der Waals surface area contributed by atoms with Crippen molar-refractivity contribution in [3.63, 3.8) is 0 Å². The molecule has 0 aromatic carbocycles. The number of nitrogens with two attached hydrogens (primary N) is 3. The zero-order chi connectivity index (χ0) is 3.58. The van der Waals surface area contributed by atoms with Gasteiger partial charge in [-0.2, -0.15) is 0 Å². The summed E-state index contributed by atoms with van der Waals surface area (Å²) in [5, 5.41) is 4.58. The van der Waals surface area contributed by atoms with Crippen LogP contribution in [0.1, 0.15) is 0 Å². The third kappa shape index (κ3) is 44.8. The van der Waals surface area contributed by atoms with Crippen LogP contribution in [0.15, 0.2) is 0 Å². The smallest absolute Gasteiger partial charge is 0.336 e. The van der Waals surface area contributed by atoms with Gasteiger partial charge >= 0.3 is 5.96 Å². The molecule has 0 rings (SSSR count). The van der Waals surface area contributed by atoms with Gasteiger partial charge in [0, 0.05) is 0 Å². The van der Waals surface area contributed by atoms with E-state index in [4.69, 9.17) is 0 Å². The molecule has 4 heteroatoms. The minimum Gasteiger partial charge on any atom is -1.00 e. The topological polar surface area (TPSA) is 77.6 Å². The maximum Gasteiger partial charge on any atom is 0.336 e. The minimum atomic E-state index is -0.0833. The molecule has 0 radical (unpaired) electrons. The van der Waals surface area contributed by atoms with E-state index in [0.29, 0.717) is 0 Å². The standard InChI is InChI=1S/CH5N3.ClH/c2-1(3)4;/h(H5,2,3,4);1H/i1+2;. The van der Waals surface area contributed by atoms with Gasteiger partial charge in [-0.05, 0) is 0 Å². The summed E-state index contributed by atoms with van der Waals surface area (Å²) >= 11 is 0. The quantitative estimate of drug-likeness (QED) is 0.208. The molecule has 0 heterocycles. The summed E-state index contributed by atoms with van der Waals surface area (Å²) in [5.41, 5.74) is 9.17. The molecule has 0 unspecified atom stereocenters. The van der Waals surface area contributed by atoms with E-state index in [1.165, 1.54) is 0 Å². The largest absolute Gasteiger partial charge is 1.00 e. The predicted octanol–water partition coefficient (Wildman–Crippen LogP) is -5.98. The Morgan fingerprint density at radius 1 is 1.40 bits per heavy atom. The number of hydrogen-bond donors (Lipinski definition) is 3. The van der Waals surface area contributed by atoms with Gasteiger partial charge in [0.25, 0.3) is 0 Å². The lowest BCUT2D eigenvalue weighted by Crippen LogP contribution is -3.00. The van der Waals surface area contributed by atoms with E-state index in [1.54, 1.807) is 0 Å². The Kier molecular flexibility index (Phi) is 6.28. The molecule has 0 saturated heterocycles. The van der Waals surface area contributed by atoms with Crippen LogP contribution in [0.2, 0.25) is 0 Å². The van der Waals surface area contributed by atoms with Gasteiger partial charge in [0.2, 0.25) is 0 Å². The Morgan fingerprint density at radius 3 is 1.40 bits per heavy atom. The van der Waals surface area contributed by atoms with E-state index in [0.717, 1.165) is 0 Å². The first-order valence-corrected chi connectivity index (χ1v) is 0.866. The van der Waals surface area contributed by atoms with Gasteiger partial charge in [-0.3, -0.25) is 16.9 Å². The first kappa shape index (κ1) is 8.82. The lowest BCUT2D eigenvalue weighted by atomic mass is 12.4. The van der Waals surface area contributed by atoms with Crippen LogP contribution in [0.3, 0.4) is 0 Å². The molecule has 5 heavy (non-hydrogen) atoms. The van der Waals surface area contributed by atoms with Crippen molar-refractivity contribution in [1.29, 1.82) is 0 Å². The summed E-state index contributed by atoms with van der Waals surface area (Å²) in [7, 11) is 0. The Labute approximate surface area is 36.3 Å². The molecule has 6 N–H and O–H groups in total. The molecule has 0 aliphatic heterocycles. The Hall–Kier alpha value is -0.440. The van der Waals surface area contributed by atoms with E-state index in [-0.39, 0.29) is 18.4 Å². The van der Waals surface area contributed by atoms with Gasteiger partial charge in [0.05, 0.1) is 0 Å². The molecule has 0 aliphatic carbocycles. The monoisotopic (exact) mass is 97.0 g/mol. The van der Waals surface area contributed by atoms with Crippen molar-refractivity contribution in [1.82, 2.24) is 0 Å². The fourth-order valence-electron chi connectivity index (χ4n) is 0. The fraction of sp³-hybridized carbons (Fsp3) is 0. The van der Waals surface area contributed by atoms with Gasteiger partial charge in [-0.15, -0.1) is 0 Å². The SMILES string of the molecule is N[14C](N)=[NH2+].[Cl-]. The maximum atomic E-state index is 4.58. The molecule has 0 bridgehead atoms. The molecular formula is CH6ClN3. The first-order chi connectivity index (χ1) is 1.73. The highest BCUT2D eigenvalue weighted by atomic mass is 35.5. The van der Waals surface area contributed by atoms with Crippen LogP contribution < -0.4 is 29.3 Å². The van der Waals surface area contributed by atoms with Crippen LogP contribution in [0.5, 0.6) is 0 Å². The highest BCUT2D eigenvalue weighted by molar-refractivity contribution is 5.68. The average molecular weight is 97.5 g/mol. The van der Waals surface area contributed by atoms with Crippen LogP contribution in [0, 0.1) is 0 Å². The normalized spacial score (nSPS) is 4.80. The van der Waals surface area contributed by atoms with Gasteiger partial charge in [0.15, 0.2) is 0 Å². The highest BCUT2D eigenvalue weighted by Crippen LogP contribution is 0.925. The van der Waals surface area contributed by atoms with E-state index in [2.05, 4.69) is 16.9 Å². The lowest BCUT2D eigenvalue weighted by Gasteiger charge is -1.59. The third-order valence-electron chi connectivity index (χ3n) is 0. The van der Waals surface area contributed by atoms with Crippen molar-refractivity contribution in [2.75, 3.05) is 0 Å². The molecule has 3 nitrogen and oxygen atoms in total. The molecule has 0 saturated carbocycles. The first-order valence-electron chi connectivity index (χ1n) is 0.866. The summed E-state index contributed by atoms with van der Waals surface area (Å²) in [6.07, 6.45) is 0. The van der Waals surface area contributed by atoms with Crippen LogP contribution in [-0.2, 0) is 0 Å². The molecule has 0 aromatic heterocycles. The van der Waals surface area contributed by atoms with Gasteiger partial charge in [-0.1, -0.05) is 0 Å². The second-order valence-electron chi connectivity index (χ2n) is 0.500. The van der Waals surface area contributed by atoms with E-state index < -0.39 is 0 Å². The summed E-state index contributed by atoms with van der Waals surface area (Å²) in [6, 6.07) is 0. The van der Waals surface area contributed by atoms with E-state index in [9.17, 15) is 0 Å². The van der Waals surface area contributed by atoms with Crippen molar-refractivity contribution in [3.8, 4) is 0 Å². The zero-order valence-electron chi connectivity index (χ0n) is 2.61. The van der Waals surface area contributed by atoms with Crippen molar-refractivity contribution >= 4 is 5.96 Å². The minimum absolute atomic E-state index is 0. The zero-order valence-corrected chi connectivity index (χ0v) is 3.37. The number of halogens is 1. The Morgan fingerprint density at radius 2 is 1.40 bits per heavy atom. The molecule has 0 aromatic rings. The average Bonchev–Trinajstić information content (AvgIpc) is 0.811. The Balaban J connectivity index is 0. The molecule has 0 spiro atoms. The van der Waals surface area contributed by atoms with Gasteiger partial charge < -0.3 is 12.4 Å². The number of hydrogen-bond acceptors (Lipinski definition) is 0.